The van der Waals surface area contributed by atoms with Gasteiger partial charge in [0.15, 0.2) is 6.29 Å². The van der Waals surface area contributed by atoms with Crippen LogP contribution in [-0.4, -0.2) is 59.5 Å². The van der Waals surface area contributed by atoms with E-state index in [1.165, 1.54) is 32.5 Å². The monoisotopic (exact) mass is 479 g/mol. The molecule has 0 spiro atoms. The number of carbonyl (C=O) groups is 2. The highest BCUT2D eigenvalue weighted by atomic mass is 16.8. The van der Waals surface area contributed by atoms with Gasteiger partial charge in [-0.1, -0.05) is 5.16 Å². The molecule has 0 aliphatic rings. The SMILES string of the molecule is COC(COC(=O)CCC(=O)Oc1ccc(/C(C)=N/O)cc1)OC(OC)n1ccc(=O)[nH]c1=O. The summed E-state index contributed by atoms with van der Waals surface area (Å²) in [7, 11) is 2.55. The summed E-state index contributed by atoms with van der Waals surface area (Å²) in [6, 6.07) is 7.40. The van der Waals surface area contributed by atoms with Crippen LogP contribution >= 0.6 is 0 Å². The lowest BCUT2D eigenvalue weighted by atomic mass is 10.1. The summed E-state index contributed by atoms with van der Waals surface area (Å²) in [5, 5.41) is 11.8. The molecule has 2 aromatic rings. The molecule has 0 saturated carbocycles. The Balaban J connectivity index is 1.80. The highest BCUT2D eigenvalue weighted by Gasteiger charge is 2.21. The summed E-state index contributed by atoms with van der Waals surface area (Å²) in [5.74, 6) is -1.08. The van der Waals surface area contributed by atoms with E-state index in [1.807, 2.05) is 0 Å². The molecular formula is C21H25N3O10. The van der Waals surface area contributed by atoms with E-state index in [1.54, 1.807) is 19.1 Å². The summed E-state index contributed by atoms with van der Waals surface area (Å²) < 4.78 is 26.8. The Bertz CT molecular complexity index is 1110. The molecule has 1 aromatic heterocycles. The molecule has 1 aromatic carbocycles. The number of nitrogens with one attached hydrogen (secondary N) is 1. The number of H-pyrrole nitrogens is 1. The third-order valence-corrected chi connectivity index (χ3v) is 4.38. The standard InChI is InChI=1S/C21H25N3O10/c1-13(23-29)14-4-6-15(7-5-14)33-18(27)9-8-17(26)32-12-19(30-2)34-21(31-3)24-11-10-16(25)22-20(24)28/h4-7,10-11,19,21,29H,8-9,12H2,1-3H3,(H,22,25,28)/b23-13+. The Morgan fingerprint density at radius 2 is 1.74 bits per heavy atom. The van der Waals surface area contributed by atoms with Gasteiger partial charge in [0.05, 0.1) is 18.6 Å². The molecule has 0 fully saturated rings. The number of aromatic amines is 1. The lowest BCUT2D eigenvalue weighted by Crippen LogP contribution is -2.36. The Labute approximate surface area is 193 Å². The molecule has 0 radical (unpaired) electrons. The first kappa shape index (κ1) is 26.4. The predicted octanol–water partition coefficient (Wildman–Crippen LogP) is 0.755. The molecule has 2 rings (SSSR count). The summed E-state index contributed by atoms with van der Waals surface area (Å²) >= 11 is 0. The fraction of sp³-hybridized carbons (Fsp3) is 0.381. The van der Waals surface area contributed by atoms with E-state index in [0.29, 0.717) is 11.3 Å². The van der Waals surface area contributed by atoms with Crippen molar-refractivity contribution in [2.45, 2.75) is 32.5 Å². The lowest BCUT2D eigenvalue weighted by molar-refractivity contribution is -0.274. The van der Waals surface area contributed by atoms with Crippen LogP contribution in [0.1, 0.15) is 31.7 Å². The zero-order chi connectivity index (χ0) is 25.1. The van der Waals surface area contributed by atoms with Crippen molar-refractivity contribution in [3.8, 4) is 5.75 Å². The number of carbonyl (C=O) groups excluding carboxylic acids is 2. The van der Waals surface area contributed by atoms with Crippen molar-refractivity contribution in [3.05, 3.63) is 62.9 Å². The smallest absolute Gasteiger partial charge is 0.332 e. The lowest BCUT2D eigenvalue weighted by Gasteiger charge is -2.23. The number of rotatable bonds is 12. The van der Waals surface area contributed by atoms with E-state index < -0.39 is 35.9 Å². The third-order valence-electron chi connectivity index (χ3n) is 4.38. The van der Waals surface area contributed by atoms with Crippen molar-refractivity contribution in [1.82, 2.24) is 9.55 Å². The van der Waals surface area contributed by atoms with Crippen LogP contribution in [0.25, 0.3) is 0 Å². The van der Waals surface area contributed by atoms with E-state index in [9.17, 15) is 19.2 Å². The number of hydrogen-bond donors (Lipinski definition) is 2. The third kappa shape index (κ3) is 7.95. The Morgan fingerprint density at radius 3 is 2.32 bits per heavy atom. The number of nitrogens with zero attached hydrogens (tertiary/aromatic N) is 2. The number of hydrogen-bond acceptors (Lipinski definition) is 11. The van der Waals surface area contributed by atoms with Gasteiger partial charge >= 0.3 is 17.6 Å². The molecule has 13 nitrogen and oxygen atoms in total. The van der Waals surface area contributed by atoms with Crippen molar-refractivity contribution in [2.75, 3.05) is 20.8 Å². The van der Waals surface area contributed by atoms with Gasteiger partial charge in [-0.25, -0.2) is 4.79 Å². The molecule has 0 aliphatic heterocycles. The van der Waals surface area contributed by atoms with Crippen molar-refractivity contribution in [1.29, 1.82) is 0 Å². The van der Waals surface area contributed by atoms with Gasteiger partial charge in [-0.3, -0.25) is 23.9 Å². The van der Waals surface area contributed by atoms with Crippen LogP contribution < -0.4 is 16.0 Å². The zero-order valence-corrected chi connectivity index (χ0v) is 18.8. The minimum Gasteiger partial charge on any atom is -0.460 e. The van der Waals surface area contributed by atoms with Crippen LogP contribution in [0.3, 0.4) is 0 Å². The van der Waals surface area contributed by atoms with E-state index in [4.69, 9.17) is 28.9 Å². The Morgan fingerprint density at radius 1 is 1.06 bits per heavy atom. The number of aromatic nitrogens is 2. The van der Waals surface area contributed by atoms with Crippen LogP contribution in [0.5, 0.6) is 5.75 Å². The molecule has 184 valence electrons. The maximum Gasteiger partial charge on any atom is 0.332 e. The molecule has 0 amide bonds. The number of oxime groups is 1. The second kappa shape index (κ2) is 13.0. The van der Waals surface area contributed by atoms with Gasteiger partial charge in [-0.05, 0) is 36.8 Å². The number of esters is 2. The molecule has 34 heavy (non-hydrogen) atoms. The van der Waals surface area contributed by atoms with Crippen molar-refractivity contribution < 1.29 is 38.5 Å². The van der Waals surface area contributed by atoms with Crippen LogP contribution in [-0.2, 0) is 28.5 Å². The first-order valence-electron chi connectivity index (χ1n) is 9.95. The van der Waals surface area contributed by atoms with Gasteiger partial charge in [-0.15, -0.1) is 0 Å². The molecule has 2 unspecified atom stereocenters. The maximum atomic E-state index is 12.0. The van der Waals surface area contributed by atoms with Crippen molar-refractivity contribution in [3.63, 3.8) is 0 Å². The molecule has 1 heterocycles. The fourth-order valence-corrected chi connectivity index (χ4v) is 2.56. The molecular weight excluding hydrogens is 454 g/mol. The van der Waals surface area contributed by atoms with Crippen LogP contribution in [0, 0.1) is 0 Å². The van der Waals surface area contributed by atoms with Gasteiger partial charge in [0, 0.05) is 26.5 Å². The van der Waals surface area contributed by atoms with Gasteiger partial charge < -0.3 is 28.9 Å². The topological polar surface area (TPSA) is 168 Å². The van der Waals surface area contributed by atoms with E-state index in [-0.39, 0.29) is 25.2 Å². The summed E-state index contributed by atoms with van der Waals surface area (Å²) in [4.78, 5) is 49.1. The molecule has 0 aliphatic carbocycles. The highest BCUT2D eigenvalue weighted by Crippen LogP contribution is 2.14. The number of methoxy groups -OCH3 is 2. The number of ether oxygens (including phenoxy) is 5. The van der Waals surface area contributed by atoms with Gasteiger partial charge in [-0.2, -0.15) is 0 Å². The second-order valence-electron chi connectivity index (χ2n) is 6.73. The second-order valence-corrected chi connectivity index (χ2v) is 6.73. The van der Waals surface area contributed by atoms with E-state index in [0.717, 1.165) is 10.6 Å². The largest absolute Gasteiger partial charge is 0.460 e. The van der Waals surface area contributed by atoms with Gasteiger partial charge in [0.1, 0.15) is 12.4 Å². The molecule has 0 bridgehead atoms. The Hall–Kier alpha value is -3.81. The van der Waals surface area contributed by atoms with Crippen molar-refractivity contribution >= 4 is 17.7 Å². The minimum atomic E-state index is -1.26. The first-order chi connectivity index (χ1) is 16.3. The van der Waals surface area contributed by atoms with Gasteiger partial charge in [0.25, 0.3) is 5.56 Å². The predicted molar refractivity (Wildman–Crippen MR) is 116 cm³/mol. The zero-order valence-electron chi connectivity index (χ0n) is 18.8. The average Bonchev–Trinajstić information content (AvgIpc) is 2.83. The normalized spacial score (nSPS) is 13.2. The molecule has 13 heteroatoms. The molecule has 2 atom stereocenters. The minimum absolute atomic E-state index is 0.232. The summed E-state index contributed by atoms with van der Waals surface area (Å²) in [6.07, 6.45) is -1.68. The maximum absolute atomic E-state index is 12.0. The highest BCUT2D eigenvalue weighted by molar-refractivity contribution is 5.98. The summed E-state index contributed by atoms with van der Waals surface area (Å²) in [6.45, 7) is 1.26. The van der Waals surface area contributed by atoms with Gasteiger partial charge in [0.2, 0.25) is 6.41 Å². The number of benzene rings is 1. The fourth-order valence-electron chi connectivity index (χ4n) is 2.56. The Kier molecular flexibility index (Phi) is 10.1. The first-order valence-corrected chi connectivity index (χ1v) is 9.95. The molecule has 2 N–H and O–H groups in total. The van der Waals surface area contributed by atoms with E-state index >= 15 is 0 Å². The summed E-state index contributed by atoms with van der Waals surface area (Å²) in [5.41, 5.74) is -0.297. The van der Waals surface area contributed by atoms with Crippen LogP contribution in [0.2, 0.25) is 0 Å². The van der Waals surface area contributed by atoms with Crippen LogP contribution in [0.15, 0.2) is 51.3 Å². The average molecular weight is 479 g/mol. The quantitative estimate of drug-likeness (QED) is 0.111. The van der Waals surface area contributed by atoms with E-state index in [2.05, 4.69) is 10.1 Å². The molecule has 0 saturated heterocycles. The van der Waals surface area contributed by atoms with Crippen LogP contribution in [0.4, 0.5) is 0 Å². The van der Waals surface area contributed by atoms with Crippen molar-refractivity contribution in [2.24, 2.45) is 5.16 Å².